The minimum atomic E-state index is -3.83. The molecule has 0 aromatic heterocycles. The Morgan fingerprint density at radius 3 is 2.38 bits per heavy atom. The van der Waals surface area contributed by atoms with Gasteiger partial charge in [0.1, 0.15) is 24.2 Å². The standard InChI is InChI=1S/C22H28FN3O5S/c1-5-24-22(28)16(2)25(14-17-9-11-18(23)12-10-17)21(27)15-26(32(4,29)30)19-7-6-8-20(13-19)31-3/h6-13,16H,5,14-15H2,1-4H3,(H,24,28). The molecule has 0 aliphatic heterocycles. The van der Waals surface area contributed by atoms with Gasteiger partial charge >= 0.3 is 0 Å². The van der Waals surface area contributed by atoms with Crippen molar-refractivity contribution in [1.82, 2.24) is 10.2 Å². The number of nitrogens with one attached hydrogen (secondary N) is 1. The minimum absolute atomic E-state index is 0.00707. The van der Waals surface area contributed by atoms with Gasteiger partial charge in [-0.1, -0.05) is 18.2 Å². The number of amides is 2. The number of hydrogen-bond acceptors (Lipinski definition) is 5. The molecule has 0 aliphatic rings. The first kappa shape index (κ1) is 25.1. The van der Waals surface area contributed by atoms with Crippen LogP contribution in [-0.2, 0) is 26.2 Å². The van der Waals surface area contributed by atoms with Gasteiger partial charge in [0.15, 0.2) is 0 Å². The summed E-state index contributed by atoms with van der Waals surface area (Å²) in [5, 5.41) is 2.66. The Labute approximate surface area is 188 Å². The summed E-state index contributed by atoms with van der Waals surface area (Å²) in [6.07, 6.45) is 0.997. The molecule has 0 radical (unpaired) electrons. The summed E-state index contributed by atoms with van der Waals surface area (Å²) in [4.78, 5) is 27.0. The first-order chi connectivity index (χ1) is 15.1. The molecule has 32 heavy (non-hydrogen) atoms. The molecule has 2 amide bonds. The van der Waals surface area contributed by atoms with E-state index in [0.717, 1.165) is 10.6 Å². The fraction of sp³-hybridized carbons (Fsp3) is 0.364. The molecule has 0 saturated heterocycles. The highest BCUT2D eigenvalue weighted by atomic mass is 32.2. The van der Waals surface area contributed by atoms with E-state index in [9.17, 15) is 22.4 Å². The van der Waals surface area contributed by atoms with Crippen LogP contribution in [0.3, 0.4) is 0 Å². The largest absolute Gasteiger partial charge is 0.497 e. The Kier molecular flexibility index (Phi) is 8.59. The molecule has 2 rings (SSSR count). The SMILES string of the molecule is CCNC(=O)C(C)N(Cc1ccc(F)cc1)C(=O)CN(c1cccc(OC)c1)S(C)(=O)=O. The van der Waals surface area contributed by atoms with E-state index in [0.29, 0.717) is 17.9 Å². The average Bonchev–Trinajstić information content (AvgIpc) is 2.75. The van der Waals surface area contributed by atoms with Crippen LogP contribution in [0.5, 0.6) is 5.75 Å². The molecule has 2 aromatic rings. The molecule has 0 heterocycles. The monoisotopic (exact) mass is 465 g/mol. The second kappa shape index (κ2) is 10.9. The number of nitrogens with zero attached hydrogens (tertiary/aromatic N) is 2. The number of carbonyl (C=O) groups is 2. The van der Waals surface area contributed by atoms with Crippen LogP contribution >= 0.6 is 0 Å². The Morgan fingerprint density at radius 2 is 1.81 bits per heavy atom. The van der Waals surface area contributed by atoms with Gasteiger partial charge < -0.3 is 15.0 Å². The van der Waals surface area contributed by atoms with Gasteiger partial charge in [-0.2, -0.15) is 0 Å². The molecule has 8 nitrogen and oxygen atoms in total. The number of benzene rings is 2. The van der Waals surface area contributed by atoms with Gasteiger partial charge in [-0.3, -0.25) is 13.9 Å². The number of carbonyl (C=O) groups excluding carboxylic acids is 2. The molecule has 1 unspecified atom stereocenters. The highest BCUT2D eigenvalue weighted by molar-refractivity contribution is 7.92. The maximum absolute atomic E-state index is 13.3. The molecule has 0 aliphatic carbocycles. The van der Waals surface area contributed by atoms with Crippen LogP contribution < -0.4 is 14.4 Å². The maximum Gasteiger partial charge on any atom is 0.244 e. The van der Waals surface area contributed by atoms with Crippen molar-refractivity contribution in [2.24, 2.45) is 0 Å². The molecule has 0 saturated carbocycles. The molecule has 10 heteroatoms. The number of anilines is 1. The van der Waals surface area contributed by atoms with Gasteiger partial charge in [-0.05, 0) is 43.7 Å². The van der Waals surface area contributed by atoms with Crippen LogP contribution in [-0.4, -0.2) is 57.6 Å². The van der Waals surface area contributed by atoms with E-state index >= 15 is 0 Å². The first-order valence-electron chi connectivity index (χ1n) is 10.00. The van der Waals surface area contributed by atoms with E-state index in [1.165, 1.54) is 42.3 Å². The summed E-state index contributed by atoms with van der Waals surface area (Å²) in [7, 11) is -2.37. The lowest BCUT2D eigenvalue weighted by atomic mass is 10.1. The summed E-state index contributed by atoms with van der Waals surface area (Å²) >= 11 is 0. The molecule has 1 atom stereocenters. The fourth-order valence-corrected chi connectivity index (χ4v) is 3.91. The van der Waals surface area contributed by atoms with Crippen LogP contribution in [0.2, 0.25) is 0 Å². The van der Waals surface area contributed by atoms with E-state index in [2.05, 4.69) is 5.32 Å². The second-order valence-corrected chi connectivity index (χ2v) is 9.10. The third-order valence-corrected chi connectivity index (χ3v) is 5.95. The molecule has 0 bridgehead atoms. The Hall–Kier alpha value is -3.14. The average molecular weight is 466 g/mol. The molecule has 174 valence electrons. The van der Waals surface area contributed by atoms with E-state index in [4.69, 9.17) is 4.74 Å². The summed E-state index contributed by atoms with van der Waals surface area (Å²) in [6.45, 7) is 3.18. The van der Waals surface area contributed by atoms with E-state index in [-0.39, 0.29) is 18.1 Å². The molecule has 2 aromatic carbocycles. The maximum atomic E-state index is 13.3. The number of halogens is 1. The normalized spacial score (nSPS) is 12.0. The third kappa shape index (κ3) is 6.68. The molecule has 0 fully saturated rings. The van der Waals surface area contributed by atoms with Gasteiger partial charge in [-0.25, -0.2) is 12.8 Å². The first-order valence-corrected chi connectivity index (χ1v) is 11.8. The van der Waals surface area contributed by atoms with Crippen LogP contribution in [0.15, 0.2) is 48.5 Å². The van der Waals surface area contributed by atoms with Crippen molar-refractivity contribution < 1.29 is 27.1 Å². The van der Waals surface area contributed by atoms with Gasteiger partial charge in [0.05, 0.1) is 19.1 Å². The third-order valence-electron chi connectivity index (χ3n) is 4.80. The second-order valence-electron chi connectivity index (χ2n) is 7.19. The van der Waals surface area contributed by atoms with Crippen LogP contribution in [0.4, 0.5) is 10.1 Å². The smallest absolute Gasteiger partial charge is 0.244 e. The summed E-state index contributed by atoms with van der Waals surface area (Å²) in [6, 6.07) is 11.0. The van der Waals surface area contributed by atoms with Crippen molar-refractivity contribution >= 4 is 27.5 Å². The predicted molar refractivity (Wildman–Crippen MR) is 120 cm³/mol. The van der Waals surface area contributed by atoms with E-state index in [1.807, 2.05) is 0 Å². The van der Waals surface area contributed by atoms with Crippen LogP contribution in [0.1, 0.15) is 19.4 Å². The number of hydrogen-bond donors (Lipinski definition) is 1. The topological polar surface area (TPSA) is 96.0 Å². The molecular weight excluding hydrogens is 437 g/mol. The van der Waals surface area contributed by atoms with Crippen molar-refractivity contribution in [2.45, 2.75) is 26.4 Å². The minimum Gasteiger partial charge on any atom is -0.497 e. The van der Waals surface area contributed by atoms with Crippen molar-refractivity contribution in [3.05, 3.63) is 59.9 Å². The lowest BCUT2D eigenvalue weighted by Gasteiger charge is -2.31. The van der Waals surface area contributed by atoms with Gasteiger partial charge in [0.2, 0.25) is 21.8 Å². The van der Waals surface area contributed by atoms with Gasteiger partial charge in [-0.15, -0.1) is 0 Å². The number of likely N-dealkylation sites (N-methyl/N-ethyl adjacent to an activating group) is 1. The zero-order valence-electron chi connectivity index (χ0n) is 18.5. The number of rotatable bonds is 10. The summed E-state index contributed by atoms with van der Waals surface area (Å²) < 4.78 is 44.4. The zero-order valence-corrected chi connectivity index (χ0v) is 19.4. The van der Waals surface area contributed by atoms with Crippen molar-refractivity contribution in [1.29, 1.82) is 0 Å². The highest BCUT2D eigenvalue weighted by Gasteiger charge is 2.30. The van der Waals surface area contributed by atoms with Crippen LogP contribution in [0.25, 0.3) is 0 Å². The van der Waals surface area contributed by atoms with Gasteiger partial charge in [0, 0.05) is 19.2 Å². The fourth-order valence-electron chi connectivity index (χ4n) is 3.07. The number of sulfonamides is 1. The zero-order chi connectivity index (χ0) is 23.9. The summed E-state index contributed by atoms with van der Waals surface area (Å²) in [5.41, 5.74) is 0.857. The molecule has 0 spiro atoms. The van der Waals surface area contributed by atoms with Gasteiger partial charge in [0.25, 0.3) is 0 Å². The highest BCUT2D eigenvalue weighted by Crippen LogP contribution is 2.23. The number of methoxy groups -OCH3 is 1. The lowest BCUT2D eigenvalue weighted by Crippen LogP contribution is -2.51. The lowest BCUT2D eigenvalue weighted by molar-refractivity contribution is -0.139. The van der Waals surface area contributed by atoms with Crippen molar-refractivity contribution in [3.8, 4) is 5.75 Å². The summed E-state index contributed by atoms with van der Waals surface area (Å²) in [5.74, 6) is -0.955. The molecule has 1 N–H and O–H groups in total. The molecular formula is C22H28FN3O5S. The number of ether oxygens (including phenoxy) is 1. The Balaban J connectivity index is 2.38. The van der Waals surface area contributed by atoms with E-state index < -0.39 is 34.3 Å². The van der Waals surface area contributed by atoms with E-state index in [1.54, 1.807) is 32.0 Å². The Morgan fingerprint density at radius 1 is 1.16 bits per heavy atom. The van der Waals surface area contributed by atoms with Crippen molar-refractivity contribution in [2.75, 3.05) is 30.8 Å². The predicted octanol–water partition coefficient (Wildman–Crippen LogP) is 2.15. The quantitative estimate of drug-likeness (QED) is 0.580. The Bertz CT molecular complexity index is 1040. The van der Waals surface area contributed by atoms with Crippen molar-refractivity contribution in [3.63, 3.8) is 0 Å². The van der Waals surface area contributed by atoms with Crippen LogP contribution in [0, 0.1) is 5.82 Å².